The first kappa shape index (κ1) is 12.0. The molecular formula is C14H21N. The van der Waals surface area contributed by atoms with Crippen LogP contribution in [-0.2, 0) is 0 Å². The molecule has 0 unspecified atom stereocenters. The molecule has 0 saturated carbocycles. The van der Waals surface area contributed by atoms with Crippen LogP contribution in [0.3, 0.4) is 0 Å². The van der Waals surface area contributed by atoms with Crippen molar-refractivity contribution in [3.8, 4) is 0 Å². The van der Waals surface area contributed by atoms with Crippen LogP contribution < -0.4 is 0 Å². The van der Waals surface area contributed by atoms with Crippen molar-refractivity contribution in [1.29, 1.82) is 0 Å². The third-order valence-electron chi connectivity index (χ3n) is 2.87. The minimum absolute atomic E-state index is 0.791. The molecule has 0 aliphatic heterocycles. The number of hydrogen-bond acceptors (Lipinski definition) is 1. The van der Waals surface area contributed by atoms with Gasteiger partial charge in [0.15, 0.2) is 0 Å². The highest BCUT2D eigenvalue weighted by molar-refractivity contribution is 5.63. The molecule has 82 valence electrons. The molecule has 1 aromatic rings. The Morgan fingerprint density at radius 2 is 1.73 bits per heavy atom. The second kappa shape index (κ2) is 6.39. The maximum Gasteiger partial charge on any atom is 0.0625 e. The standard InChI is InChI=1S/C14H21N/c1-4-13(5-2)10-11-15-14-8-6-12(3)7-9-14/h6-9,11,13H,4-5,10H2,1-3H3. The largest absolute Gasteiger partial charge is 0.261 e. The monoisotopic (exact) mass is 203 g/mol. The predicted molar refractivity (Wildman–Crippen MR) is 68.0 cm³/mol. The Morgan fingerprint density at radius 3 is 2.27 bits per heavy atom. The Hall–Kier alpha value is -1.11. The van der Waals surface area contributed by atoms with Crippen LogP contribution in [-0.4, -0.2) is 6.21 Å². The molecule has 0 aromatic heterocycles. The molecule has 0 bridgehead atoms. The topological polar surface area (TPSA) is 12.4 Å². The summed E-state index contributed by atoms with van der Waals surface area (Å²) in [6, 6.07) is 8.34. The van der Waals surface area contributed by atoms with E-state index in [-0.39, 0.29) is 0 Å². The average molecular weight is 203 g/mol. The number of aliphatic imine (C=N–C) groups is 1. The van der Waals surface area contributed by atoms with E-state index in [2.05, 4.69) is 56.2 Å². The summed E-state index contributed by atoms with van der Waals surface area (Å²) in [6.45, 7) is 6.58. The third kappa shape index (κ3) is 4.28. The highest BCUT2D eigenvalue weighted by Gasteiger charge is 1.99. The third-order valence-corrected chi connectivity index (χ3v) is 2.87. The van der Waals surface area contributed by atoms with Crippen LogP contribution >= 0.6 is 0 Å². The van der Waals surface area contributed by atoms with Gasteiger partial charge in [0.2, 0.25) is 0 Å². The molecule has 0 spiro atoms. The Labute approximate surface area is 93.2 Å². The average Bonchev–Trinajstić information content (AvgIpc) is 2.27. The summed E-state index contributed by atoms with van der Waals surface area (Å²) in [5.41, 5.74) is 2.35. The van der Waals surface area contributed by atoms with Gasteiger partial charge in [0.1, 0.15) is 0 Å². The minimum Gasteiger partial charge on any atom is -0.261 e. The van der Waals surface area contributed by atoms with Crippen LogP contribution in [0.15, 0.2) is 29.3 Å². The van der Waals surface area contributed by atoms with Gasteiger partial charge in [0, 0.05) is 6.21 Å². The predicted octanol–water partition coefficient (Wildman–Crippen LogP) is 4.52. The molecule has 0 radical (unpaired) electrons. The molecule has 1 nitrogen and oxygen atoms in total. The summed E-state index contributed by atoms with van der Waals surface area (Å²) >= 11 is 0. The van der Waals surface area contributed by atoms with Gasteiger partial charge in [0.05, 0.1) is 5.69 Å². The molecule has 0 amide bonds. The minimum atomic E-state index is 0.791. The second-order valence-electron chi connectivity index (χ2n) is 4.07. The first-order valence-electron chi connectivity index (χ1n) is 5.85. The lowest BCUT2D eigenvalue weighted by atomic mass is 10.0. The SMILES string of the molecule is CCC(CC)CC=Nc1ccc(C)cc1. The fraction of sp³-hybridized carbons (Fsp3) is 0.500. The second-order valence-corrected chi connectivity index (χ2v) is 4.07. The maximum atomic E-state index is 4.46. The summed E-state index contributed by atoms with van der Waals surface area (Å²) in [6.07, 6.45) is 5.65. The highest BCUT2D eigenvalue weighted by atomic mass is 14.7. The van der Waals surface area contributed by atoms with E-state index in [0.29, 0.717) is 0 Å². The van der Waals surface area contributed by atoms with Crippen molar-refractivity contribution < 1.29 is 0 Å². The number of hydrogen-bond donors (Lipinski definition) is 0. The van der Waals surface area contributed by atoms with Crippen LogP contribution in [0.25, 0.3) is 0 Å². The summed E-state index contributed by atoms with van der Waals surface area (Å²) in [4.78, 5) is 4.46. The van der Waals surface area contributed by atoms with Gasteiger partial charge in [-0.15, -0.1) is 0 Å². The van der Waals surface area contributed by atoms with Gasteiger partial charge in [-0.1, -0.05) is 44.4 Å². The summed E-state index contributed by atoms with van der Waals surface area (Å²) in [5.74, 6) is 0.791. The Kier molecular flexibility index (Phi) is 5.09. The van der Waals surface area contributed by atoms with E-state index in [1.54, 1.807) is 0 Å². The lowest BCUT2D eigenvalue weighted by Gasteiger charge is -2.07. The molecule has 0 aliphatic carbocycles. The van der Waals surface area contributed by atoms with Crippen LogP contribution in [0.2, 0.25) is 0 Å². The van der Waals surface area contributed by atoms with Crippen LogP contribution in [0, 0.1) is 12.8 Å². The van der Waals surface area contributed by atoms with Crippen LogP contribution in [0.1, 0.15) is 38.7 Å². The highest BCUT2D eigenvalue weighted by Crippen LogP contribution is 2.14. The van der Waals surface area contributed by atoms with Gasteiger partial charge < -0.3 is 0 Å². The smallest absolute Gasteiger partial charge is 0.0625 e. The fourth-order valence-corrected chi connectivity index (χ4v) is 1.56. The van der Waals surface area contributed by atoms with Gasteiger partial charge in [-0.3, -0.25) is 4.99 Å². The molecule has 0 atom stereocenters. The normalized spacial score (nSPS) is 11.5. The first-order chi connectivity index (χ1) is 7.26. The number of rotatable bonds is 5. The molecular weight excluding hydrogens is 182 g/mol. The first-order valence-corrected chi connectivity index (χ1v) is 5.85. The molecule has 15 heavy (non-hydrogen) atoms. The van der Waals surface area contributed by atoms with Crippen molar-refractivity contribution in [2.24, 2.45) is 10.9 Å². The zero-order valence-electron chi connectivity index (χ0n) is 10.0. The van der Waals surface area contributed by atoms with E-state index >= 15 is 0 Å². The van der Waals surface area contributed by atoms with Crippen molar-refractivity contribution >= 4 is 11.9 Å². The van der Waals surface area contributed by atoms with E-state index in [4.69, 9.17) is 0 Å². The van der Waals surface area contributed by atoms with Crippen molar-refractivity contribution in [2.45, 2.75) is 40.0 Å². The Morgan fingerprint density at radius 1 is 1.13 bits per heavy atom. The molecule has 0 N–H and O–H groups in total. The van der Waals surface area contributed by atoms with Gasteiger partial charge in [-0.25, -0.2) is 0 Å². The van der Waals surface area contributed by atoms with Gasteiger partial charge in [-0.2, -0.15) is 0 Å². The van der Waals surface area contributed by atoms with E-state index in [0.717, 1.165) is 18.0 Å². The summed E-state index contributed by atoms with van der Waals surface area (Å²) < 4.78 is 0. The molecule has 1 heteroatoms. The summed E-state index contributed by atoms with van der Waals surface area (Å²) in [5, 5.41) is 0. The zero-order chi connectivity index (χ0) is 11.1. The molecule has 1 aromatic carbocycles. The van der Waals surface area contributed by atoms with E-state index < -0.39 is 0 Å². The Balaban J connectivity index is 2.47. The maximum absolute atomic E-state index is 4.46. The Bertz CT molecular complexity index is 294. The van der Waals surface area contributed by atoms with Gasteiger partial charge in [0.25, 0.3) is 0 Å². The van der Waals surface area contributed by atoms with Crippen molar-refractivity contribution in [3.05, 3.63) is 29.8 Å². The molecule has 0 heterocycles. The molecule has 0 aliphatic rings. The zero-order valence-corrected chi connectivity index (χ0v) is 10.0. The van der Waals surface area contributed by atoms with Gasteiger partial charge >= 0.3 is 0 Å². The number of aryl methyl sites for hydroxylation is 1. The van der Waals surface area contributed by atoms with Crippen molar-refractivity contribution in [3.63, 3.8) is 0 Å². The van der Waals surface area contributed by atoms with Crippen molar-refractivity contribution in [2.75, 3.05) is 0 Å². The number of nitrogens with zero attached hydrogens (tertiary/aromatic N) is 1. The van der Waals surface area contributed by atoms with Crippen molar-refractivity contribution in [1.82, 2.24) is 0 Å². The lowest BCUT2D eigenvalue weighted by molar-refractivity contribution is 0.516. The lowest BCUT2D eigenvalue weighted by Crippen LogP contribution is -1.96. The van der Waals surface area contributed by atoms with E-state index in [1.807, 2.05) is 0 Å². The molecule has 1 rings (SSSR count). The molecule has 0 saturated heterocycles. The van der Waals surface area contributed by atoms with Gasteiger partial charge in [-0.05, 0) is 31.4 Å². The van der Waals surface area contributed by atoms with Crippen LogP contribution in [0.5, 0.6) is 0 Å². The van der Waals surface area contributed by atoms with E-state index in [1.165, 1.54) is 18.4 Å². The summed E-state index contributed by atoms with van der Waals surface area (Å²) in [7, 11) is 0. The molecule has 0 fully saturated rings. The van der Waals surface area contributed by atoms with E-state index in [9.17, 15) is 0 Å². The van der Waals surface area contributed by atoms with Crippen LogP contribution in [0.4, 0.5) is 5.69 Å². The fourth-order valence-electron chi connectivity index (χ4n) is 1.56. The quantitative estimate of drug-likeness (QED) is 0.624. The number of benzene rings is 1.